The van der Waals surface area contributed by atoms with Crippen LogP contribution in [0.15, 0.2) is 32.7 Å². The van der Waals surface area contributed by atoms with Gasteiger partial charge in [-0.05, 0) is 59.4 Å². The van der Waals surface area contributed by atoms with Gasteiger partial charge in [0, 0.05) is 12.3 Å². The van der Waals surface area contributed by atoms with Gasteiger partial charge in [-0.1, -0.05) is 0 Å². The Morgan fingerprint density at radius 3 is 2.69 bits per heavy atom. The highest BCUT2D eigenvalue weighted by molar-refractivity contribution is 9.10. The Morgan fingerprint density at radius 2 is 2.00 bits per heavy atom. The first-order chi connectivity index (χ1) is 15.5. The van der Waals surface area contributed by atoms with E-state index in [-0.39, 0.29) is 21.9 Å². The zero-order valence-corrected chi connectivity index (χ0v) is 19.9. The van der Waals surface area contributed by atoms with E-state index < -0.39 is 17.9 Å². The number of hydroxylamine groups is 1. The molecule has 2 aromatic rings. The molecule has 2 fully saturated rings. The van der Waals surface area contributed by atoms with Crippen LogP contribution in [0.2, 0.25) is 0 Å². The Hall–Kier alpha value is -1.77. The first-order valence-electron chi connectivity index (χ1n) is 9.92. The average Bonchev–Trinajstić information content (AvgIpc) is 3.51. The summed E-state index contributed by atoms with van der Waals surface area (Å²) in [5, 5.41) is 16.4. The van der Waals surface area contributed by atoms with Crippen LogP contribution < -0.4 is 16.1 Å². The smallest absolute Gasteiger partial charge is 0.219 e. The molecule has 0 saturated heterocycles. The number of carbonyl (C=O) groups is 2. The van der Waals surface area contributed by atoms with E-state index in [2.05, 4.69) is 40.3 Å². The van der Waals surface area contributed by atoms with Crippen molar-refractivity contribution in [2.75, 3.05) is 18.8 Å². The lowest BCUT2D eigenvalue weighted by molar-refractivity contribution is -0.147. The second kappa shape index (κ2) is 10.4. The molecule has 9 nitrogen and oxygen atoms in total. The third-order valence-corrected chi connectivity index (χ3v) is 7.32. The summed E-state index contributed by atoms with van der Waals surface area (Å²) in [7, 11) is 0. The zero-order valence-electron chi connectivity index (χ0n) is 16.7. The predicted octanol–water partition coefficient (Wildman–Crippen LogP) is 2.07. The fourth-order valence-corrected chi connectivity index (χ4v) is 5.03. The molecule has 0 spiro atoms. The minimum atomic E-state index is -0.497. The molecular formula is C19H20BrFN6O3S2. The van der Waals surface area contributed by atoms with Crippen LogP contribution in [0.5, 0.6) is 0 Å². The molecule has 1 aromatic heterocycles. The van der Waals surface area contributed by atoms with E-state index in [4.69, 9.17) is 0 Å². The summed E-state index contributed by atoms with van der Waals surface area (Å²) in [5.74, 6) is 0.104. The highest BCUT2D eigenvalue weighted by Gasteiger charge is 2.48. The number of nitrogens with one attached hydrogen (secondary N) is 3. The number of aliphatic imine (C=N–C) groups is 1. The molecule has 0 bridgehead atoms. The van der Waals surface area contributed by atoms with Crippen molar-refractivity contribution in [2.45, 2.75) is 30.0 Å². The molecule has 4 N–H and O–H groups in total. The third kappa shape index (κ3) is 5.41. The first-order valence-corrected chi connectivity index (χ1v) is 12.4. The van der Waals surface area contributed by atoms with E-state index in [0.717, 1.165) is 18.3 Å². The second-order valence-corrected chi connectivity index (χ2v) is 9.89. The molecule has 32 heavy (non-hydrogen) atoms. The molecule has 1 heterocycles. The molecule has 2 saturated carbocycles. The second-order valence-electron chi connectivity index (χ2n) is 7.43. The molecule has 13 heteroatoms. The van der Waals surface area contributed by atoms with Crippen LogP contribution in [0, 0.1) is 11.7 Å². The number of Topliss-reactive ketones (excluding diaryl/α,β-unsaturated/α-hetero) is 2. The van der Waals surface area contributed by atoms with Gasteiger partial charge in [-0.15, -0.1) is 11.8 Å². The van der Waals surface area contributed by atoms with Crippen LogP contribution in [0.3, 0.4) is 0 Å². The first kappa shape index (κ1) is 23.4. The van der Waals surface area contributed by atoms with E-state index in [1.54, 1.807) is 0 Å². The van der Waals surface area contributed by atoms with Crippen LogP contribution in [0.1, 0.15) is 18.5 Å². The quantitative estimate of drug-likeness (QED) is 0.0889. The lowest BCUT2D eigenvalue weighted by Gasteiger charge is -2.34. The predicted molar refractivity (Wildman–Crippen MR) is 122 cm³/mol. The maximum atomic E-state index is 13.4. The largest absolute Gasteiger partial charge is 0.305 e. The van der Waals surface area contributed by atoms with Crippen molar-refractivity contribution in [2.24, 2.45) is 10.9 Å². The fourth-order valence-electron chi connectivity index (χ4n) is 3.15. The standard InChI is InChI=1S/C19H20BrFN6O3S2/c20-11-7-10(3-4-12(11)21)24-18(25-30)15-19(27-32-26-15)31-6-5-22-13-14(17(29)16(13)28)23-8-9-1-2-9/h3-4,7,9,13-14,22-23,30H,1-2,5-6,8H2,(H,24,25). The number of nitrogens with zero attached hydrogens (tertiary/aromatic N) is 3. The molecule has 2 unspecified atom stereocenters. The molecule has 2 atom stereocenters. The van der Waals surface area contributed by atoms with E-state index in [1.807, 2.05) is 5.48 Å². The normalized spacial score (nSPS) is 21.0. The number of rotatable bonds is 10. The summed E-state index contributed by atoms with van der Waals surface area (Å²) >= 11 is 5.45. The van der Waals surface area contributed by atoms with Crippen molar-refractivity contribution in [1.82, 2.24) is 24.9 Å². The van der Waals surface area contributed by atoms with Crippen LogP contribution in [0.4, 0.5) is 10.1 Å². The summed E-state index contributed by atoms with van der Waals surface area (Å²) < 4.78 is 22.1. The maximum absolute atomic E-state index is 13.4. The van der Waals surface area contributed by atoms with Crippen LogP contribution >= 0.6 is 39.4 Å². The number of hydrogen-bond acceptors (Lipinski definition) is 10. The Kier molecular flexibility index (Phi) is 7.63. The van der Waals surface area contributed by atoms with Gasteiger partial charge in [-0.2, -0.15) is 8.75 Å². The fraction of sp³-hybridized carbons (Fsp3) is 0.421. The molecule has 1 aromatic carbocycles. The summed E-state index contributed by atoms with van der Waals surface area (Å²) in [6, 6.07) is 3.27. The number of halogens is 2. The highest BCUT2D eigenvalue weighted by atomic mass is 79.9. The van der Waals surface area contributed by atoms with Gasteiger partial charge < -0.3 is 10.6 Å². The summed E-state index contributed by atoms with van der Waals surface area (Å²) in [5.41, 5.74) is 2.80. The van der Waals surface area contributed by atoms with Gasteiger partial charge in [0.15, 0.2) is 11.5 Å². The molecule has 0 radical (unpaired) electrons. The zero-order chi connectivity index (χ0) is 22.7. The average molecular weight is 543 g/mol. The van der Waals surface area contributed by atoms with Crippen LogP contribution in [0.25, 0.3) is 0 Å². The van der Waals surface area contributed by atoms with Crippen LogP contribution in [-0.2, 0) is 9.59 Å². The number of carbonyl (C=O) groups excluding carboxylic acids is 2. The lowest BCUT2D eigenvalue weighted by atomic mass is 9.83. The number of benzene rings is 1. The highest BCUT2D eigenvalue weighted by Crippen LogP contribution is 2.28. The molecule has 2 aliphatic rings. The number of aromatic nitrogens is 2. The molecule has 170 valence electrons. The Morgan fingerprint density at radius 1 is 1.25 bits per heavy atom. The van der Waals surface area contributed by atoms with Crippen molar-refractivity contribution in [3.8, 4) is 0 Å². The van der Waals surface area contributed by atoms with Crippen LogP contribution in [-0.4, -0.2) is 62.3 Å². The van der Waals surface area contributed by atoms with Gasteiger partial charge in [0.05, 0.1) is 34.0 Å². The topological polar surface area (TPSA) is 129 Å². The van der Waals surface area contributed by atoms with Gasteiger partial charge in [0.1, 0.15) is 10.8 Å². The van der Waals surface area contributed by atoms with Crippen molar-refractivity contribution in [3.05, 3.63) is 34.2 Å². The van der Waals surface area contributed by atoms with Crippen molar-refractivity contribution < 1.29 is 19.2 Å². The third-order valence-electron chi connectivity index (χ3n) is 5.10. The number of amidine groups is 1. The van der Waals surface area contributed by atoms with Crippen molar-refractivity contribution in [3.63, 3.8) is 0 Å². The minimum absolute atomic E-state index is 0.0804. The minimum Gasteiger partial charge on any atom is -0.305 e. The van der Waals surface area contributed by atoms with Crippen molar-refractivity contribution >= 4 is 62.5 Å². The van der Waals surface area contributed by atoms with Gasteiger partial charge in [0.2, 0.25) is 11.6 Å². The summed E-state index contributed by atoms with van der Waals surface area (Å²) in [6.07, 6.45) is 2.35. The van der Waals surface area contributed by atoms with Gasteiger partial charge in [-0.3, -0.25) is 20.3 Å². The van der Waals surface area contributed by atoms with Gasteiger partial charge >= 0.3 is 0 Å². The molecule has 2 aliphatic carbocycles. The van der Waals surface area contributed by atoms with E-state index >= 15 is 0 Å². The Balaban J connectivity index is 1.32. The monoisotopic (exact) mass is 542 g/mol. The number of hydrogen-bond donors (Lipinski definition) is 4. The maximum Gasteiger partial charge on any atom is 0.219 e. The lowest BCUT2D eigenvalue weighted by Crippen LogP contribution is -2.69. The SMILES string of the molecule is O=C1C(=O)C(NCC2CC2)C1NCCSc1nsnc1C(=Nc1ccc(F)c(Br)c1)NO. The van der Waals surface area contributed by atoms with Gasteiger partial charge in [0.25, 0.3) is 0 Å². The number of ketones is 2. The summed E-state index contributed by atoms with van der Waals surface area (Å²) in [6.45, 7) is 1.25. The molecule has 4 rings (SSSR count). The molecular weight excluding hydrogens is 523 g/mol. The Labute approximate surface area is 200 Å². The molecule has 0 amide bonds. The van der Waals surface area contributed by atoms with E-state index in [9.17, 15) is 19.2 Å². The van der Waals surface area contributed by atoms with E-state index in [1.165, 1.54) is 42.8 Å². The summed E-state index contributed by atoms with van der Waals surface area (Å²) in [4.78, 5) is 28.0. The van der Waals surface area contributed by atoms with Gasteiger partial charge in [-0.25, -0.2) is 9.38 Å². The number of thioether (sulfide) groups is 1. The van der Waals surface area contributed by atoms with E-state index in [0.29, 0.717) is 34.6 Å². The molecule has 0 aliphatic heterocycles. The Bertz CT molecular complexity index is 1050. The van der Waals surface area contributed by atoms with Crippen molar-refractivity contribution in [1.29, 1.82) is 0 Å².